The van der Waals surface area contributed by atoms with Crippen LogP contribution in [0.25, 0.3) is 0 Å². The third-order valence-electron chi connectivity index (χ3n) is 0. The van der Waals surface area contributed by atoms with E-state index in [9.17, 15) is 0 Å². The fourth-order valence-electron chi connectivity index (χ4n) is 0. The van der Waals surface area contributed by atoms with E-state index >= 15 is 0 Å². The zero-order valence-corrected chi connectivity index (χ0v) is 16.3. The SMILES string of the molecule is [I-].[I-].[I-].[I-].[I-].[Ta+2]. The van der Waals surface area contributed by atoms with Gasteiger partial charge in [-0.3, -0.25) is 0 Å². The normalized spacial score (nSPS) is 0. The second-order valence-corrected chi connectivity index (χ2v) is 0. The van der Waals surface area contributed by atoms with Crippen LogP contribution in [0.5, 0.6) is 0 Å². The predicted molar refractivity (Wildman–Crippen MR) is 0 cm³/mol. The van der Waals surface area contributed by atoms with E-state index in [4.69, 9.17) is 0 Å². The predicted octanol–water partition coefficient (Wildman–Crippen LogP) is -15.0. The summed E-state index contributed by atoms with van der Waals surface area (Å²) in [6.45, 7) is 0. The van der Waals surface area contributed by atoms with Crippen LogP contribution in [-0.2, 0) is 22.4 Å². The largest absolute Gasteiger partial charge is 2.00 e. The molecule has 0 rings (SSSR count). The minimum absolute atomic E-state index is 0. The summed E-state index contributed by atoms with van der Waals surface area (Å²) in [6, 6.07) is 0. The summed E-state index contributed by atoms with van der Waals surface area (Å²) in [6.07, 6.45) is 0. The summed E-state index contributed by atoms with van der Waals surface area (Å²) in [5.41, 5.74) is 0. The van der Waals surface area contributed by atoms with Crippen molar-refractivity contribution in [1.82, 2.24) is 0 Å². The molecular weight excluding hydrogens is 815 g/mol. The Hall–Kier alpha value is 4.39. The van der Waals surface area contributed by atoms with Crippen molar-refractivity contribution < 1.29 is 142 Å². The summed E-state index contributed by atoms with van der Waals surface area (Å²) in [5.74, 6) is 0. The van der Waals surface area contributed by atoms with Gasteiger partial charge in [-0.2, -0.15) is 0 Å². The van der Waals surface area contributed by atoms with Gasteiger partial charge in [0, 0.05) is 0 Å². The van der Waals surface area contributed by atoms with Gasteiger partial charge in [-0.1, -0.05) is 0 Å². The maximum atomic E-state index is 0. The van der Waals surface area contributed by atoms with Crippen LogP contribution < -0.4 is 120 Å². The number of hydrogen-bond acceptors (Lipinski definition) is 0. The Morgan fingerprint density at radius 1 is 0.333 bits per heavy atom. The molecule has 0 spiro atoms. The quantitative estimate of drug-likeness (QED) is 0.214. The first-order valence-corrected chi connectivity index (χ1v) is 0. The Balaban J connectivity index is 0. The van der Waals surface area contributed by atoms with Crippen LogP contribution in [0.2, 0.25) is 0 Å². The smallest absolute Gasteiger partial charge is 1.00 e. The van der Waals surface area contributed by atoms with Gasteiger partial charge in [0.05, 0.1) is 0 Å². The van der Waals surface area contributed by atoms with Crippen molar-refractivity contribution in [3.63, 3.8) is 0 Å². The molecule has 1 radical (unpaired) electrons. The molecule has 0 saturated heterocycles. The Labute approximate surface area is 139 Å². The van der Waals surface area contributed by atoms with Crippen molar-refractivity contribution >= 4 is 0 Å². The van der Waals surface area contributed by atoms with E-state index in [1.54, 1.807) is 0 Å². The minimum Gasteiger partial charge on any atom is -1.00 e. The topological polar surface area (TPSA) is 0 Å². The van der Waals surface area contributed by atoms with E-state index in [0.717, 1.165) is 0 Å². The Kier molecular flexibility index (Phi) is 272. The van der Waals surface area contributed by atoms with Crippen molar-refractivity contribution in [2.45, 2.75) is 0 Å². The van der Waals surface area contributed by atoms with Gasteiger partial charge in [0.25, 0.3) is 0 Å². The van der Waals surface area contributed by atoms with Gasteiger partial charge in [0.2, 0.25) is 0 Å². The molecule has 0 fully saturated rings. The molecule has 0 aliphatic rings. The van der Waals surface area contributed by atoms with Crippen LogP contribution in [0.15, 0.2) is 0 Å². The monoisotopic (exact) mass is 815 g/mol. The third kappa shape index (κ3) is 23.8. The first-order chi connectivity index (χ1) is 0. The molecule has 0 bridgehead atoms. The van der Waals surface area contributed by atoms with E-state index in [1.807, 2.05) is 0 Å². The standard InChI is InChI=1S/5HI.Ta/h5*1H;/q;;;;;+2/p-5. The van der Waals surface area contributed by atoms with Crippen molar-refractivity contribution in [2.75, 3.05) is 0 Å². The molecule has 0 N–H and O–H groups in total. The number of hydrogen-bond donors (Lipinski definition) is 0. The third-order valence-corrected chi connectivity index (χ3v) is 0. The van der Waals surface area contributed by atoms with Crippen molar-refractivity contribution in [2.24, 2.45) is 0 Å². The molecule has 0 nitrogen and oxygen atoms in total. The number of rotatable bonds is 0. The van der Waals surface area contributed by atoms with Gasteiger partial charge in [-0.15, -0.1) is 0 Å². The molecule has 0 saturated carbocycles. The average Bonchev–Trinajstić information content (AvgIpc) is 0. The van der Waals surface area contributed by atoms with Gasteiger partial charge >= 0.3 is 22.4 Å². The van der Waals surface area contributed by atoms with Crippen LogP contribution in [0, 0.1) is 0 Å². The van der Waals surface area contributed by atoms with Crippen LogP contribution in [0.3, 0.4) is 0 Å². The molecule has 0 aliphatic carbocycles. The zero-order chi connectivity index (χ0) is 0. The van der Waals surface area contributed by atoms with Gasteiger partial charge < -0.3 is 120 Å². The summed E-state index contributed by atoms with van der Waals surface area (Å²) < 4.78 is 0. The second kappa shape index (κ2) is 34.3. The summed E-state index contributed by atoms with van der Waals surface area (Å²) >= 11 is 0. The second-order valence-electron chi connectivity index (χ2n) is 0. The molecule has 0 aromatic carbocycles. The van der Waals surface area contributed by atoms with E-state index in [2.05, 4.69) is 0 Å². The first-order valence-electron chi connectivity index (χ1n) is 0. The molecule has 0 atom stereocenters. The maximum absolute atomic E-state index is 0. The molecule has 0 aliphatic heterocycles. The van der Waals surface area contributed by atoms with Gasteiger partial charge in [0.1, 0.15) is 0 Å². The molecule has 6 heavy (non-hydrogen) atoms. The van der Waals surface area contributed by atoms with Gasteiger partial charge in [-0.25, -0.2) is 0 Å². The summed E-state index contributed by atoms with van der Waals surface area (Å²) in [4.78, 5) is 0. The Morgan fingerprint density at radius 2 is 0.333 bits per heavy atom. The Bertz CT molecular complexity index is 3.90. The van der Waals surface area contributed by atoms with Gasteiger partial charge in [-0.05, 0) is 0 Å². The van der Waals surface area contributed by atoms with E-state index in [1.165, 1.54) is 0 Å². The fraction of sp³-hybridized carbons (Fsp3) is 0. The average molecular weight is 815 g/mol. The molecule has 0 aromatic rings. The zero-order valence-electron chi connectivity index (χ0n) is 2.34. The molecule has 0 amide bonds. The van der Waals surface area contributed by atoms with Crippen LogP contribution in [0.4, 0.5) is 0 Å². The van der Waals surface area contributed by atoms with E-state index < -0.39 is 0 Å². The minimum atomic E-state index is 0. The Morgan fingerprint density at radius 3 is 0.333 bits per heavy atom. The van der Waals surface area contributed by atoms with Crippen LogP contribution in [0.1, 0.15) is 0 Å². The van der Waals surface area contributed by atoms with E-state index in [-0.39, 0.29) is 142 Å². The first kappa shape index (κ1) is 47.5. The van der Waals surface area contributed by atoms with Gasteiger partial charge in [0.15, 0.2) is 0 Å². The summed E-state index contributed by atoms with van der Waals surface area (Å²) in [7, 11) is 0. The van der Waals surface area contributed by atoms with Crippen molar-refractivity contribution in [3.05, 3.63) is 0 Å². The molecule has 0 unspecified atom stereocenters. The molecular formula is I5Ta-3. The maximum Gasteiger partial charge on any atom is 2.00 e. The molecule has 0 heterocycles. The van der Waals surface area contributed by atoms with Crippen molar-refractivity contribution in [1.29, 1.82) is 0 Å². The number of halogens is 5. The van der Waals surface area contributed by atoms with Crippen molar-refractivity contribution in [3.8, 4) is 0 Å². The summed E-state index contributed by atoms with van der Waals surface area (Å²) in [5, 5.41) is 0. The van der Waals surface area contributed by atoms with E-state index in [0.29, 0.717) is 0 Å². The molecule has 0 aromatic heterocycles. The fourth-order valence-corrected chi connectivity index (χ4v) is 0. The van der Waals surface area contributed by atoms with Crippen LogP contribution >= 0.6 is 0 Å². The van der Waals surface area contributed by atoms with Crippen LogP contribution in [-0.4, -0.2) is 0 Å². The molecule has 43 valence electrons. The molecule has 6 heteroatoms.